The summed E-state index contributed by atoms with van der Waals surface area (Å²) in [5, 5.41) is 0. The standard InChI is InChI=1S/C11H9NO2/c1-8-7-12-10(11(13)14-8)9-5-3-2-4-6-9/h2-7H,1H3. The molecule has 0 fully saturated rings. The van der Waals surface area contributed by atoms with Crippen LogP contribution in [0, 0.1) is 6.92 Å². The van der Waals surface area contributed by atoms with E-state index in [4.69, 9.17) is 4.42 Å². The highest BCUT2D eigenvalue weighted by atomic mass is 16.4. The van der Waals surface area contributed by atoms with Crippen molar-refractivity contribution in [2.45, 2.75) is 6.92 Å². The van der Waals surface area contributed by atoms with Gasteiger partial charge in [-0.1, -0.05) is 30.3 Å². The molecule has 2 aromatic rings. The molecule has 0 spiro atoms. The smallest absolute Gasteiger partial charge is 0.362 e. The van der Waals surface area contributed by atoms with Crippen molar-refractivity contribution < 1.29 is 4.42 Å². The van der Waals surface area contributed by atoms with Crippen molar-refractivity contribution in [3.63, 3.8) is 0 Å². The largest absolute Gasteiger partial charge is 0.425 e. The molecule has 0 aliphatic carbocycles. The van der Waals surface area contributed by atoms with Crippen LogP contribution in [-0.4, -0.2) is 4.98 Å². The molecule has 1 heterocycles. The zero-order chi connectivity index (χ0) is 9.97. The van der Waals surface area contributed by atoms with Crippen molar-refractivity contribution >= 4 is 0 Å². The quantitative estimate of drug-likeness (QED) is 0.685. The van der Waals surface area contributed by atoms with E-state index in [2.05, 4.69) is 4.98 Å². The number of benzene rings is 1. The van der Waals surface area contributed by atoms with Crippen LogP contribution in [0.15, 0.2) is 45.7 Å². The summed E-state index contributed by atoms with van der Waals surface area (Å²) in [6.45, 7) is 1.70. The normalized spacial score (nSPS) is 10.1. The average Bonchev–Trinajstić information content (AvgIpc) is 2.19. The van der Waals surface area contributed by atoms with E-state index in [0.717, 1.165) is 5.56 Å². The summed E-state index contributed by atoms with van der Waals surface area (Å²) in [5.41, 5.74) is 0.744. The van der Waals surface area contributed by atoms with Gasteiger partial charge in [-0.05, 0) is 6.92 Å². The number of nitrogens with zero attached hydrogens (tertiary/aromatic N) is 1. The summed E-state index contributed by atoms with van der Waals surface area (Å²) >= 11 is 0. The summed E-state index contributed by atoms with van der Waals surface area (Å²) in [6.07, 6.45) is 1.55. The third-order valence-corrected chi connectivity index (χ3v) is 1.87. The Bertz CT molecular complexity index is 488. The predicted molar refractivity (Wildman–Crippen MR) is 52.9 cm³/mol. The average molecular weight is 187 g/mol. The molecular weight excluding hydrogens is 178 g/mol. The highest BCUT2D eigenvalue weighted by Gasteiger charge is 2.05. The zero-order valence-electron chi connectivity index (χ0n) is 7.73. The number of aromatic nitrogens is 1. The summed E-state index contributed by atoms with van der Waals surface area (Å²) in [5.74, 6) is 0.523. The van der Waals surface area contributed by atoms with Crippen LogP contribution < -0.4 is 5.63 Å². The Morgan fingerprint density at radius 2 is 1.93 bits per heavy atom. The molecule has 0 N–H and O–H groups in total. The third kappa shape index (κ3) is 1.57. The van der Waals surface area contributed by atoms with E-state index in [-0.39, 0.29) is 0 Å². The lowest BCUT2D eigenvalue weighted by Crippen LogP contribution is -2.05. The minimum atomic E-state index is -0.392. The van der Waals surface area contributed by atoms with Crippen molar-refractivity contribution in [3.05, 3.63) is 52.7 Å². The molecule has 14 heavy (non-hydrogen) atoms. The van der Waals surface area contributed by atoms with Gasteiger partial charge < -0.3 is 4.42 Å². The SMILES string of the molecule is Cc1cnc(-c2ccccc2)c(=O)o1. The van der Waals surface area contributed by atoms with E-state index in [9.17, 15) is 4.79 Å². The minimum absolute atomic E-state index is 0.358. The second kappa shape index (κ2) is 3.46. The second-order valence-corrected chi connectivity index (χ2v) is 2.97. The van der Waals surface area contributed by atoms with Gasteiger partial charge in [-0.3, -0.25) is 0 Å². The topological polar surface area (TPSA) is 43.1 Å². The number of rotatable bonds is 1. The molecule has 0 radical (unpaired) electrons. The van der Waals surface area contributed by atoms with E-state index < -0.39 is 5.63 Å². The van der Waals surface area contributed by atoms with Crippen molar-refractivity contribution in [2.24, 2.45) is 0 Å². The maximum absolute atomic E-state index is 11.4. The van der Waals surface area contributed by atoms with Crippen LogP contribution in [0.2, 0.25) is 0 Å². The maximum atomic E-state index is 11.4. The van der Waals surface area contributed by atoms with Crippen molar-refractivity contribution in [3.8, 4) is 11.3 Å². The Labute approximate surface area is 81.0 Å². The molecule has 0 saturated heterocycles. The van der Waals surface area contributed by atoms with E-state index in [1.165, 1.54) is 0 Å². The molecule has 1 aromatic carbocycles. The van der Waals surface area contributed by atoms with Gasteiger partial charge >= 0.3 is 5.63 Å². The van der Waals surface area contributed by atoms with Crippen LogP contribution >= 0.6 is 0 Å². The van der Waals surface area contributed by atoms with Gasteiger partial charge in [-0.25, -0.2) is 9.78 Å². The fourth-order valence-corrected chi connectivity index (χ4v) is 1.22. The van der Waals surface area contributed by atoms with Crippen LogP contribution in [0.1, 0.15) is 5.76 Å². The van der Waals surface area contributed by atoms with Gasteiger partial charge in [0.15, 0.2) is 5.69 Å². The van der Waals surface area contributed by atoms with Gasteiger partial charge in [0, 0.05) is 5.56 Å². The minimum Gasteiger partial charge on any atom is -0.425 e. The first-order chi connectivity index (χ1) is 6.77. The van der Waals surface area contributed by atoms with Crippen LogP contribution in [-0.2, 0) is 0 Å². The molecule has 1 aromatic heterocycles. The highest BCUT2D eigenvalue weighted by Crippen LogP contribution is 2.11. The Morgan fingerprint density at radius 3 is 2.57 bits per heavy atom. The Balaban J connectivity index is 2.59. The lowest BCUT2D eigenvalue weighted by atomic mass is 10.2. The molecular formula is C11H9NO2. The molecule has 0 atom stereocenters. The van der Waals surface area contributed by atoms with Gasteiger partial charge in [0.05, 0.1) is 6.20 Å². The second-order valence-electron chi connectivity index (χ2n) is 2.97. The number of hydrogen-bond acceptors (Lipinski definition) is 3. The molecule has 3 heteroatoms. The van der Waals surface area contributed by atoms with Crippen LogP contribution in [0.4, 0.5) is 0 Å². The summed E-state index contributed by atoms with van der Waals surface area (Å²) in [4.78, 5) is 15.5. The van der Waals surface area contributed by atoms with Crippen LogP contribution in [0.5, 0.6) is 0 Å². The lowest BCUT2D eigenvalue weighted by molar-refractivity contribution is 0.475. The fraction of sp³-hybridized carbons (Fsp3) is 0.0909. The Kier molecular flexibility index (Phi) is 2.14. The maximum Gasteiger partial charge on any atom is 0.362 e. The Morgan fingerprint density at radius 1 is 1.21 bits per heavy atom. The molecule has 0 bridgehead atoms. The van der Waals surface area contributed by atoms with Crippen LogP contribution in [0.25, 0.3) is 11.3 Å². The monoisotopic (exact) mass is 187 g/mol. The molecule has 0 saturated carbocycles. The van der Waals surface area contributed by atoms with E-state index in [1.54, 1.807) is 13.1 Å². The molecule has 70 valence electrons. The van der Waals surface area contributed by atoms with Crippen molar-refractivity contribution in [2.75, 3.05) is 0 Å². The molecule has 3 nitrogen and oxygen atoms in total. The summed E-state index contributed by atoms with van der Waals surface area (Å²) in [7, 11) is 0. The molecule has 2 rings (SSSR count). The van der Waals surface area contributed by atoms with E-state index in [0.29, 0.717) is 11.5 Å². The van der Waals surface area contributed by atoms with Gasteiger partial charge in [0.2, 0.25) is 0 Å². The number of hydrogen-bond donors (Lipinski definition) is 0. The fourth-order valence-electron chi connectivity index (χ4n) is 1.22. The summed E-state index contributed by atoms with van der Waals surface area (Å²) in [6, 6.07) is 9.26. The predicted octanol–water partition coefficient (Wildman–Crippen LogP) is 2.01. The zero-order valence-corrected chi connectivity index (χ0v) is 7.73. The molecule has 0 aliphatic rings. The van der Waals surface area contributed by atoms with Gasteiger partial charge in [-0.2, -0.15) is 0 Å². The van der Waals surface area contributed by atoms with Gasteiger partial charge in [0.25, 0.3) is 0 Å². The van der Waals surface area contributed by atoms with Crippen LogP contribution in [0.3, 0.4) is 0 Å². The molecule has 0 aliphatic heterocycles. The van der Waals surface area contributed by atoms with E-state index in [1.807, 2.05) is 30.3 Å². The Hall–Kier alpha value is -1.90. The summed E-state index contributed by atoms with van der Waals surface area (Å²) < 4.78 is 4.94. The third-order valence-electron chi connectivity index (χ3n) is 1.87. The van der Waals surface area contributed by atoms with Crippen molar-refractivity contribution in [1.82, 2.24) is 4.98 Å². The van der Waals surface area contributed by atoms with Gasteiger partial charge in [-0.15, -0.1) is 0 Å². The van der Waals surface area contributed by atoms with Crippen molar-refractivity contribution in [1.29, 1.82) is 0 Å². The number of aryl methyl sites for hydroxylation is 1. The molecule has 0 unspecified atom stereocenters. The first-order valence-corrected chi connectivity index (χ1v) is 4.29. The molecule has 0 amide bonds. The lowest BCUT2D eigenvalue weighted by Gasteiger charge is -1.97. The van der Waals surface area contributed by atoms with E-state index >= 15 is 0 Å². The van der Waals surface area contributed by atoms with Gasteiger partial charge in [0.1, 0.15) is 5.76 Å². The first-order valence-electron chi connectivity index (χ1n) is 4.29. The highest BCUT2D eigenvalue weighted by molar-refractivity contribution is 5.56. The first kappa shape index (κ1) is 8.69.